The zero-order chi connectivity index (χ0) is 21.2. The van der Waals surface area contributed by atoms with E-state index in [4.69, 9.17) is 16.3 Å². The summed E-state index contributed by atoms with van der Waals surface area (Å²) < 4.78 is 5.11. The number of thiazole rings is 1. The van der Waals surface area contributed by atoms with E-state index in [1.807, 2.05) is 0 Å². The quantitative estimate of drug-likeness (QED) is 0.580. The van der Waals surface area contributed by atoms with Gasteiger partial charge in [0, 0.05) is 36.3 Å². The Morgan fingerprint density at radius 2 is 2.00 bits per heavy atom. The fourth-order valence-corrected chi connectivity index (χ4v) is 3.32. The summed E-state index contributed by atoms with van der Waals surface area (Å²) in [5.41, 5.74) is 1.02. The second-order valence-corrected chi connectivity index (χ2v) is 8.30. The topological polar surface area (TPSA) is 83.6 Å². The summed E-state index contributed by atoms with van der Waals surface area (Å²) in [4.78, 5) is 30.9. The smallest absolute Gasteiger partial charge is 0.322 e. The van der Waals surface area contributed by atoms with Gasteiger partial charge in [-0.2, -0.15) is 0 Å². The summed E-state index contributed by atoms with van der Waals surface area (Å²) in [6.45, 7) is 5.90. The van der Waals surface area contributed by atoms with Gasteiger partial charge in [0.05, 0.1) is 13.2 Å². The maximum atomic E-state index is 12.7. The van der Waals surface area contributed by atoms with Crippen LogP contribution in [0.4, 0.5) is 10.5 Å². The predicted octanol–water partition coefficient (Wildman–Crippen LogP) is 4.25. The first-order valence-electron chi connectivity index (χ1n) is 9.42. The third kappa shape index (κ3) is 8.00. The van der Waals surface area contributed by atoms with Crippen molar-refractivity contribution in [2.45, 2.75) is 26.8 Å². The van der Waals surface area contributed by atoms with Crippen LogP contribution in [0.25, 0.3) is 0 Å². The van der Waals surface area contributed by atoms with Crippen molar-refractivity contribution >= 4 is 40.6 Å². The van der Waals surface area contributed by atoms with Crippen LogP contribution in [-0.2, 0) is 11.3 Å². The van der Waals surface area contributed by atoms with Crippen molar-refractivity contribution in [3.63, 3.8) is 0 Å². The molecule has 2 N–H and O–H groups in total. The number of aromatic nitrogens is 1. The van der Waals surface area contributed by atoms with E-state index in [1.54, 1.807) is 41.7 Å². The number of halogens is 1. The van der Waals surface area contributed by atoms with Crippen LogP contribution in [0, 0.1) is 5.92 Å². The van der Waals surface area contributed by atoms with Crippen molar-refractivity contribution in [3.05, 3.63) is 45.4 Å². The zero-order valence-electron chi connectivity index (χ0n) is 16.9. The minimum atomic E-state index is -0.275. The highest BCUT2D eigenvalue weighted by molar-refractivity contribution is 7.09. The maximum Gasteiger partial charge on any atom is 0.322 e. The molecule has 158 valence electrons. The van der Waals surface area contributed by atoms with Crippen LogP contribution < -0.4 is 10.6 Å². The van der Waals surface area contributed by atoms with E-state index in [0.29, 0.717) is 47.0 Å². The number of hydrogen-bond acceptors (Lipinski definition) is 5. The number of ether oxygens (including phenoxy) is 1. The molecule has 1 aromatic carbocycles. The van der Waals surface area contributed by atoms with Gasteiger partial charge in [-0.05, 0) is 36.6 Å². The number of urea groups is 1. The highest BCUT2D eigenvalue weighted by Gasteiger charge is 2.18. The Morgan fingerprint density at radius 1 is 1.28 bits per heavy atom. The molecule has 0 aliphatic rings. The maximum absolute atomic E-state index is 12.7. The lowest BCUT2D eigenvalue weighted by atomic mass is 10.1. The minimum Gasteiger partial charge on any atom is -0.383 e. The molecule has 29 heavy (non-hydrogen) atoms. The molecule has 0 bridgehead atoms. The van der Waals surface area contributed by atoms with E-state index in [1.165, 1.54) is 11.3 Å². The first-order chi connectivity index (χ1) is 13.9. The van der Waals surface area contributed by atoms with Gasteiger partial charge < -0.3 is 20.3 Å². The summed E-state index contributed by atoms with van der Waals surface area (Å²) in [7, 11) is 1.58. The molecule has 0 fully saturated rings. The number of carbonyl (C=O) groups excluding carboxylic acids is 2. The third-order valence-corrected chi connectivity index (χ3v) is 5.15. The van der Waals surface area contributed by atoms with Crippen LogP contribution in [0.1, 0.15) is 35.8 Å². The largest absolute Gasteiger partial charge is 0.383 e. The number of rotatable bonds is 10. The van der Waals surface area contributed by atoms with Crippen molar-refractivity contribution in [3.8, 4) is 0 Å². The number of nitrogens with one attached hydrogen (secondary N) is 2. The Kier molecular flexibility index (Phi) is 9.37. The Bertz CT molecular complexity index is 795. The van der Waals surface area contributed by atoms with Crippen LogP contribution in [0.15, 0.2) is 29.6 Å². The lowest BCUT2D eigenvalue weighted by Gasteiger charge is -2.21. The van der Waals surface area contributed by atoms with Crippen molar-refractivity contribution in [1.82, 2.24) is 15.2 Å². The molecule has 9 heteroatoms. The van der Waals surface area contributed by atoms with Gasteiger partial charge in [-0.3, -0.25) is 4.79 Å². The first kappa shape index (κ1) is 23.1. The zero-order valence-corrected chi connectivity index (χ0v) is 18.5. The van der Waals surface area contributed by atoms with Crippen molar-refractivity contribution in [2.24, 2.45) is 5.92 Å². The van der Waals surface area contributed by atoms with E-state index in [0.717, 1.165) is 6.42 Å². The van der Waals surface area contributed by atoms with Crippen LogP contribution >= 0.6 is 22.9 Å². The highest BCUT2D eigenvalue weighted by atomic mass is 35.5. The number of carbonyl (C=O) groups is 2. The Balaban J connectivity index is 1.98. The molecule has 1 aromatic heterocycles. The van der Waals surface area contributed by atoms with Crippen LogP contribution in [0.5, 0.6) is 0 Å². The molecule has 0 spiro atoms. The number of benzene rings is 1. The standard InChI is InChI=1S/C20H27ClN4O3S/c1-14(2)8-9-22-19(26)17-13-29-18(24-17)12-25(10-11-28-3)20(27)23-16-6-4-15(21)5-7-16/h4-7,13-14H,8-12H2,1-3H3,(H,22,26)(H,23,27). The second-order valence-electron chi connectivity index (χ2n) is 6.92. The summed E-state index contributed by atoms with van der Waals surface area (Å²) in [6.07, 6.45) is 0.915. The van der Waals surface area contributed by atoms with Crippen LogP contribution in [-0.4, -0.2) is 48.6 Å². The lowest BCUT2D eigenvalue weighted by Crippen LogP contribution is -2.36. The van der Waals surface area contributed by atoms with E-state index in [2.05, 4.69) is 29.5 Å². The molecular weight excluding hydrogens is 412 g/mol. The number of anilines is 1. The molecule has 1 heterocycles. The Labute approximate surface area is 180 Å². The average molecular weight is 439 g/mol. The second kappa shape index (κ2) is 11.7. The van der Waals surface area contributed by atoms with E-state index < -0.39 is 0 Å². The average Bonchev–Trinajstić information content (AvgIpc) is 3.15. The summed E-state index contributed by atoms with van der Waals surface area (Å²) >= 11 is 7.24. The van der Waals surface area contributed by atoms with Gasteiger partial charge in [-0.1, -0.05) is 25.4 Å². The first-order valence-corrected chi connectivity index (χ1v) is 10.7. The summed E-state index contributed by atoms with van der Waals surface area (Å²) in [5.74, 6) is 0.331. The van der Waals surface area contributed by atoms with E-state index >= 15 is 0 Å². The van der Waals surface area contributed by atoms with Gasteiger partial charge in [0.25, 0.3) is 5.91 Å². The number of amides is 3. The monoisotopic (exact) mass is 438 g/mol. The highest BCUT2D eigenvalue weighted by Crippen LogP contribution is 2.16. The van der Waals surface area contributed by atoms with Gasteiger partial charge in [0.2, 0.25) is 0 Å². The van der Waals surface area contributed by atoms with Crippen molar-refractivity contribution in [1.29, 1.82) is 0 Å². The summed E-state index contributed by atoms with van der Waals surface area (Å²) in [5, 5.41) is 8.70. The molecule has 0 saturated carbocycles. The predicted molar refractivity (Wildman–Crippen MR) is 117 cm³/mol. The molecule has 2 aromatic rings. The van der Waals surface area contributed by atoms with E-state index in [-0.39, 0.29) is 18.5 Å². The molecule has 0 unspecified atom stereocenters. The van der Waals surface area contributed by atoms with Gasteiger partial charge in [0.1, 0.15) is 10.7 Å². The molecule has 0 atom stereocenters. The summed E-state index contributed by atoms with van der Waals surface area (Å²) in [6, 6.07) is 6.61. The van der Waals surface area contributed by atoms with Crippen molar-refractivity contribution < 1.29 is 14.3 Å². The van der Waals surface area contributed by atoms with Gasteiger partial charge in [-0.25, -0.2) is 9.78 Å². The Hall–Kier alpha value is -2.16. The lowest BCUT2D eigenvalue weighted by molar-refractivity contribution is 0.0947. The van der Waals surface area contributed by atoms with E-state index in [9.17, 15) is 9.59 Å². The molecule has 0 radical (unpaired) electrons. The number of nitrogens with zero attached hydrogens (tertiary/aromatic N) is 2. The fraction of sp³-hybridized carbons (Fsp3) is 0.450. The van der Waals surface area contributed by atoms with Gasteiger partial charge in [-0.15, -0.1) is 11.3 Å². The fourth-order valence-electron chi connectivity index (χ4n) is 2.41. The number of hydrogen-bond donors (Lipinski definition) is 2. The van der Waals surface area contributed by atoms with Gasteiger partial charge >= 0.3 is 6.03 Å². The number of methoxy groups -OCH3 is 1. The third-order valence-electron chi connectivity index (χ3n) is 4.07. The van der Waals surface area contributed by atoms with Crippen LogP contribution in [0.2, 0.25) is 5.02 Å². The van der Waals surface area contributed by atoms with Crippen molar-refractivity contribution in [2.75, 3.05) is 32.1 Å². The SMILES string of the molecule is COCCN(Cc1nc(C(=O)NCCC(C)C)cs1)C(=O)Nc1ccc(Cl)cc1. The molecule has 3 amide bonds. The normalized spacial score (nSPS) is 10.8. The van der Waals surface area contributed by atoms with Gasteiger partial charge in [0.15, 0.2) is 0 Å². The molecular formula is C20H27ClN4O3S. The Morgan fingerprint density at radius 3 is 2.66 bits per heavy atom. The minimum absolute atomic E-state index is 0.192. The molecule has 0 aliphatic heterocycles. The molecule has 7 nitrogen and oxygen atoms in total. The van der Waals surface area contributed by atoms with Crippen LogP contribution in [0.3, 0.4) is 0 Å². The molecule has 0 aliphatic carbocycles. The molecule has 0 saturated heterocycles. The molecule has 2 rings (SSSR count).